The van der Waals surface area contributed by atoms with Gasteiger partial charge >= 0.3 is 0 Å². The minimum absolute atomic E-state index is 0.838. The van der Waals surface area contributed by atoms with E-state index in [1.807, 2.05) is 36.5 Å². The first-order valence-electron chi connectivity index (χ1n) is 7.09. The molecule has 4 heteroatoms. The molecule has 0 N–H and O–H groups in total. The van der Waals surface area contributed by atoms with Crippen LogP contribution in [0.15, 0.2) is 36.5 Å². The Morgan fingerprint density at radius 1 is 1.10 bits per heavy atom. The lowest BCUT2D eigenvalue weighted by molar-refractivity contribution is 0.415. The van der Waals surface area contributed by atoms with Crippen molar-refractivity contribution in [1.29, 1.82) is 0 Å². The van der Waals surface area contributed by atoms with Crippen LogP contribution in [0.4, 0.5) is 5.95 Å². The van der Waals surface area contributed by atoms with Crippen LogP contribution in [0.5, 0.6) is 5.75 Å². The Labute approximate surface area is 119 Å². The predicted octanol–water partition coefficient (Wildman–Crippen LogP) is 3.14. The van der Waals surface area contributed by atoms with E-state index in [-0.39, 0.29) is 0 Å². The van der Waals surface area contributed by atoms with Gasteiger partial charge in [0, 0.05) is 24.8 Å². The van der Waals surface area contributed by atoms with Crippen molar-refractivity contribution in [2.45, 2.75) is 19.3 Å². The lowest BCUT2D eigenvalue weighted by Gasteiger charge is -2.26. The van der Waals surface area contributed by atoms with Gasteiger partial charge in [0.2, 0.25) is 5.95 Å². The molecule has 20 heavy (non-hydrogen) atoms. The smallest absolute Gasteiger partial charge is 0.225 e. The van der Waals surface area contributed by atoms with Crippen molar-refractivity contribution in [3.8, 4) is 17.0 Å². The van der Waals surface area contributed by atoms with Crippen LogP contribution in [0, 0.1) is 0 Å². The van der Waals surface area contributed by atoms with E-state index in [4.69, 9.17) is 9.72 Å². The van der Waals surface area contributed by atoms with Gasteiger partial charge in [-0.25, -0.2) is 9.97 Å². The Bertz CT molecular complexity index is 579. The number of hydrogen-bond acceptors (Lipinski definition) is 4. The molecule has 0 bridgehead atoms. The average molecular weight is 269 g/mol. The summed E-state index contributed by atoms with van der Waals surface area (Å²) in [5.41, 5.74) is 2.00. The first kappa shape index (κ1) is 12.9. The molecule has 0 amide bonds. The monoisotopic (exact) mass is 269 g/mol. The summed E-state index contributed by atoms with van der Waals surface area (Å²) >= 11 is 0. The second kappa shape index (κ2) is 5.90. The van der Waals surface area contributed by atoms with Gasteiger partial charge in [-0.05, 0) is 37.5 Å². The summed E-state index contributed by atoms with van der Waals surface area (Å²) < 4.78 is 5.27. The van der Waals surface area contributed by atoms with Crippen LogP contribution >= 0.6 is 0 Å². The van der Waals surface area contributed by atoms with Crippen LogP contribution in [0.25, 0.3) is 11.3 Å². The number of methoxy groups -OCH3 is 1. The molecule has 1 aromatic carbocycles. The normalized spacial score (nSPS) is 15.2. The molecule has 1 saturated heterocycles. The summed E-state index contributed by atoms with van der Waals surface area (Å²) in [5, 5.41) is 0. The zero-order valence-electron chi connectivity index (χ0n) is 11.7. The summed E-state index contributed by atoms with van der Waals surface area (Å²) in [5.74, 6) is 1.69. The summed E-state index contributed by atoms with van der Waals surface area (Å²) in [4.78, 5) is 11.4. The fourth-order valence-corrected chi connectivity index (χ4v) is 2.54. The standard InChI is InChI=1S/C16H19N3O/c1-20-14-7-5-6-13(12-14)15-8-9-17-16(18-15)19-10-3-2-4-11-19/h5-9,12H,2-4,10-11H2,1H3. The molecule has 3 rings (SSSR count). The van der Waals surface area contributed by atoms with Gasteiger partial charge in [0.05, 0.1) is 12.8 Å². The highest BCUT2D eigenvalue weighted by atomic mass is 16.5. The number of nitrogens with zero attached hydrogens (tertiary/aromatic N) is 3. The molecule has 0 radical (unpaired) electrons. The third-order valence-corrected chi connectivity index (χ3v) is 3.65. The molecule has 1 aliphatic heterocycles. The summed E-state index contributed by atoms with van der Waals surface area (Å²) in [6.07, 6.45) is 5.61. The fourth-order valence-electron chi connectivity index (χ4n) is 2.54. The van der Waals surface area contributed by atoms with Gasteiger partial charge in [0.15, 0.2) is 0 Å². The number of piperidine rings is 1. The van der Waals surface area contributed by atoms with E-state index >= 15 is 0 Å². The fraction of sp³-hybridized carbons (Fsp3) is 0.375. The highest BCUT2D eigenvalue weighted by Crippen LogP contribution is 2.24. The summed E-state index contributed by atoms with van der Waals surface area (Å²) in [6.45, 7) is 2.11. The maximum absolute atomic E-state index is 5.27. The zero-order chi connectivity index (χ0) is 13.8. The number of hydrogen-bond donors (Lipinski definition) is 0. The minimum Gasteiger partial charge on any atom is -0.497 e. The second-order valence-electron chi connectivity index (χ2n) is 5.02. The molecule has 0 spiro atoms. The van der Waals surface area contributed by atoms with Gasteiger partial charge < -0.3 is 9.64 Å². The van der Waals surface area contributed by atoms with Crippen LogP contribution in [-0.2, 0) is 0 Å². The van der Waals surface area contributed by atoms with E-state index in [2.05, 4.69) is 9.88 Å². The van der Waals surface area contributed by atoms with Crippen LogP contribution in [0.1, 0.15) is 19.3 Å². The third kappa shape index (κ3) is 2.74. The van der Waals surface area contributed by atoms with Crippen LogP contribution in [0.2, 0.25) is 0 Å². The van der Waals surface area contributed by atoms with E-state index in [0.717, 1.165) is 36.0 Å². The highest BCUT2D eigenvalue weighted by molar-refractivity contribution is 5.62. The maximum atomic E-state index is 5.27. The Morgan fingerprint density at radius 2 is 1.95 bits per heavy atom. The largest absolute Gasteiger partial charge is 0.497 e. The quantitative estimate of drug-likeness (QED) is 0.858. The van der Waals surface area contributed by atoms with Crippen molar-refractivity contribution in [2.75, 3.05) is 25.1 Å². The maximum Gasteiger partial charge on any atom is 0.225 e. The Balaban J connectivity index is 1.89. The molecule has 0 aliphatic carbocycles. The SMILES string of the molecule is COc1cccc(-c2ccnc(N3CCCCC3)n2)c1. The molecular formula is C16H19N3O. The van der Waals surface area contributed by atoms with E-state index < -0.39 is 0 Å². The number of ether oxygens (including phenoxy) is 1. The molecule has 4 nitrogen and oxygen atoms in total. The van der Waals surface area contributed by atoms with Crippen LogP contribution in [0.3, 0.4) is 0 Å². The number of rotatable bonds is 3. The van der Waals surface area contributed by atoms with Gasteiger partial charge in [-0.1, -0.05) is 12.1 Å². The van der Waals surface area contributed by atoms with Crippen molar-refractivity contribution >= 4 is 5.95 Å². The van der Waals surface area contributed by atoms with Crippen molar-refractivity contribution in [2.24, 2.45) is 0 Å². The molecule has 0 atom stereocenters. The predicted molar refractivity (Wildman–Crippen MR) is 80.1 cm³/mol. The molecule has 1 aliphatic rings. The molecule has 104 valence electrons. The number of aromatic nitrogens is 2. The number of benzene rings is 1. The van der Waals surface area contributed by atoms with Gasteiger partial charge in [0.1, 0.15) is 5.75 Å². The van der Waals surface area contributed by atoms with E-state index in [9.17, 15) is 0 Å². The Kier molecular flexibility index (Phi) is 3.81. The summed E-state index contributed by atoms with van der Waals surface area (Å²) in [7, 11) is 1.68. The van der Waals surface area contributed by atoms with Crippen LogP contribution < -0.4 is 9.64 Å². The van der Waals surface area contributed by atoms with Gasteiger partial charge in [0.25, 0.3) is 0 Å². The lowest BCUT2D eigenvalue weighted by Crippen LogP contribution is -2.30. The van der Waals surface area contributed by atoms with Crippen LogP contribution in [-0.4, -0.2) is 30.2 Å². The summed E-state index contributed by atoms with van der Waals surface area (Å²) in [6, 6.07) is 9.92. The highest BCUT2D eigenvalue weighted by Gasteiger charge is 2.14. The van der Waals surface area contributed by atoms with E-state index in [1.165, 1.54) is 19.3 Å². The molecule has 1 fully saturated rings. The molecular weight excluding hydrogens is 250 g/mol. The van der Waals surface area contributed by atoms with Crippen molar-refractivity contribution in [3.63, 3.8) is 0 Å². The zero-order valence-corrected chi connectivity index (χ0v) is 11.7. The first-order chi connectivity index (χ1) is 9.86. The topological polar surface area (TPSA) is 38.2 Å². The lowest BCUT2D eigenvalue weighted by atomic mass is 10.1. The second-order valence-corrected chi connectivity index (χ2v) is 5.02. The molecule has 2 aromatic rings. The van der Waals surface area contributed by atoms with E-state index in [0.29, 0.717) is 0 Å². The van der Waals surface area contributed by atoms with Crippen molar-refractivity contribution in [3.05, 3.63) is 36.5 Å². The Hall–Kier alpha value is -2.10. The van der Waals surface area contributed by atoms with Crippen molar-refractivity contribution in [1.82, 2.24) is 9.97 Å². The van der Waals surface area contributed by atoms with Crippen molar-refractivity contribution < 1.29 is 4.74 Å². The third-order valence-electron chi connectivity index (χ3n) is 3.65. The molecule has 0 unspecified atom stereocenters. The molecule has 0 saturated carbocycles. The average Bonchev–Trinajstić information content (AvgIpc) is 2.56. The van der Waals surface area contributed by atoms with Gasteiger partial charge in [-0.15, -0.1) is 0 Å². The van der Waals surface area contributed by atoms with Gasteiger partial charge in [-0.3, -0.25) is 0 Å². The van der Waals surface area contributed by atoms with E-state index in [1.54, 1.807) is 7.11 Å². The molecule has 1 aromatic heterocycles. The molecule has 2 heterocycles. The first-order valence-corrected chi connectivity index (χ1v) is 7.09. The Morgan fingerprint density at radius 3 is 2.75 bits per heavy atom. The van der Waals surface area contributed by atoms with Gasteiger partial charge in [-0.2, -0.15) is 0 Å². The minimum atomic E-state index is 0.838. The number of anilines is 1.